The van der Waals surface area contributed by atoms with Gasteiger partial charge >= 0.3 is 0 Å². The zero-order valence-electron chi connectivity index (χ0n) is 12.3. The summed E-state index contributed by atoms with van der Waals surface area (Å²) in [5, 5.41) is 2.00. The average Bonchev–Trinajstić information content (AvgIpc) is 2.90. The van der Waals surface area contributed by atoms with E-state index in [2.05, 4.69) is 9.88 Å². The molecule has 2 aromatic heterocycles. The third-order valence-corrected chi connectivity index (χ3v) is 4.83. The van der Waals surface area contributed by atoms with Gasteiger partial charge in [-0.15, -0.1) is 11.3 Å². The van der Waals surface area contributed by atoms with Crippen molar-refractivity contribution < 1.29 is 9.53 Å². The van der Waals surface area contributed by atoms with Gasteiger partial charge in [-0.3, -0.25) is 14.7 Å². The lowest BCUT2D eigenvalue weighted by molar-refractivity contribution is 0.101. The smallest absolute Gasteiger partial charge is 0.160 e. The number of carbonyl (C=O) groups is 1. The van der Waals surface area contributed by atoms with E-state index in [4.69, 9.17) is 4.74 Å². The van der Waals surface area contributed by atoms with Crippen molar-refractivity contribution in [1.82, 2.24) is 9.88 Å². The average molecular weight is 302 g/mol. The van der Waals surface area contributed by atoms with Crippen LogP contribution in [0.5, 0.6) is 5.75 Å². The Morgan fingerprint density at radius 3 is 3.10 bits per heavy atom. The van der Waals surface area contributed by atoms with Crippen LogP contribution >= 0.6 is 11.3 Å². The van der Waals surface area contributed by atoms with Gasteiger partial charge in [0.25, 0.3) is 0 Å². The number of methoxy groups -OCH3 is 1. The number of fused-ring (bicyclic) bond motifs is 1. The Labute approximate surface area is 128 Å². The molecule has 3 rings (SSSR count). The normalized spacial score (nSPS) is 14.8. The minimum atomic E-state index is 0.179. The number of ether oxygens (including phenoxy) is 1. The molecule has 1 aliphatic heterocycles. The summed E-state index contributed by atoms with van der Waals surface area (Å²) >= 11 is 1.70. The maximum absolute atomic E-state index is 11.6. The maximum Gasteiger partial charge on any atom is 0.160 e. The first-order chi connectivity index (χ1) is 10.2. The second-order valence-corrected chi connectivity index (χ2v) is 6.27. The topological polar surface area (TPSA) is 42.4 Å². The quantitative estimate of drug-likeness (QED) is 0.815. The van der Waals surface area contributed by atoms with Crippen LogP contribution in [0.4, 0.5) is 0 Å². The van der Waals surface area contributed by atoms with Crippen molar-refractivity contribution >= 4 is 17.1 Å². The highest BCUT2D eigenvalue weighted by atomic mass is 32.1. The Kier molecular flexibility index (Phi) is 4.03. The molecule has 0 N–H and O–H groups in total. The van der Waals surface area contributed by atoms with Crippen molar-refractivity contribution in [3.8, 4) is 5.75 Å². The molecule has 0 amide bonds. The predicted octanol–water partition coefficient (Wildman–Crippen LogP) is 2.91. The monoisotopic (exact) mass is 302 g/mol. The molecule has 5 heteroatoms. The van der Waals surface area contributed by atoms with Gasteiger partial charge in [0, 0.05) is 41.7 Å². The van der Waals surface area contributed by atoms with Crippen molar-refractivity contribution in [2.24, 2.45) is 0 Å². The fourth-order valence-corrected chi connectivity index (χ4v) is 3.91. The summed E-state index contributed by atoms with van der Waals surface area (Å²) in [6, 6.07) is 2.03. The summed E-state index contributed by atoms with van der Waals surface area (Å²) in [5.41, 5.74) is 3.33. The number of pyridine rings is 1. The molecule has 0 aliphatic carbocycles. The number of ketones is 1. The van der Waals surface area contributed by atoms with Crippen molar-refractivity contribution in [1.29, 1.82) is 0 Å². The van der Waals surface area contributed by atoms with Crippen LogP contribution in [-0.2, 0) is 19.5 Å². The van der Waals surface area contributed by atoms with Crippen LogP contribution in [0, 0.1) is 0 Å². The molecule has 21 heavy (non-hydrogen) atoms. The molecule has 0 unspecified atom stereocenters. The molecule has 0 spiro atoms. The molecule has 3 heterocycles. The number of Topliss-reactive ketones (excluding diaryl/α,β-unsaturated/α-hetero) is 1. The Bertz CT molecular complexity index is 666. The van der Waals surface area contributed by atoms with Crippen LogP contribution in [0.15, 0.2) is 23.8 Å². The molecular weight excluding hydrogens is 284 g/mol. The van der Waals surface area contributed by atoms with E-state index in [9.17, 15) is 4.79 Å². The number of aromatic nitrogens is 1. The first-order valence-electron chi connectivity index (χ1n) is 6.98. The van der Waals surface area contributed by atoms with E-state index >= 15 is 0 Å². The lowest BCUT2D eigenvalue weighted by Gasteiger charge is -2.27. The van der Waals surface area contributed by atoms with Gasteiger partial charge in [-0.1, -0.05) is 0 Å². The molecule has 2 aromatic rings. The summed E-state index contributed by atoms with van der Waals surface area (Å²) in [5.74, 6) is 0.970. The molecule has 0 radical (unpaired) electrons. The first kappa shape index (κ1) is 14.2. The van der Waals surface area contributed by atoms with Gasteiger partial charge in [0.05, 0.1) is 13.3 Å². The molecule has 0 aromatic carbocycles. The Morgan fingerprint density at radius 2 is 2.33 bits per heavy atom. The van der Waals surface area contributed by atoms with Gasteiger partial charge in [-0.25, -0.2) is 0 Å². The van der Waals surface area contributed by atoms with Crippen molar-refractivity contribution in [3.05, 3.63) is 45.4 Å². The van der Waals surface area contributed by atoms with Gasteiger partial charge in [0.1, 0.15) is 5.75 Å². The third kappa shape index (κ3) is 2.99. The number of hydrogen-bond acceptors (Lipinski definition) is 5. The zero-order valence-corrected chi connectivity index (χ0v) is 13.1. The van der Waals surface area contributed by atoms with Gasteiger partial charge in [-0.2, -0.15) is 0 Å². The van der Waals surface area contributed by atoms with Gasteiger partial charge < -0.3 is 4.74 Å². The summed E-state index contributed by atoms with van der Waals surface area (Å²) in [6.07, 6.45) is 4.55. The van der Waals surface area contributed by atoms with Crippen molar-refractivity contribution in [3.63, 3.8) is 0 Å². The van der Waals surface area contributed by atoms with Crippen LogP contribution in [0.3, 0.4) is 0 Å². The predicted molar refractivity (Wildman–Crippen MR) is 82.9 cm³/mol. The fourth-order valence-electron chi connectivity index (χ4n) is 2.73. The lowest BCUT2D eigenvalue weighted by atomic mass is 10.0. The highest BCUT2D eigenvalue weighted by Crippen LogP contribution is 2.29. The second-order valence-electron chi connectivity index (χ2n) is 5.30. The van der Waals surface area contributed by atoms with Crippen LogP contribution in [0.1, 0.15) is 33.3 Å². The molecule has 0 atom stereocenters. The maximum atomic E-state index is 11.6. The van der Waals surface area contributed by atoms with E-state index in [1.807, 2.05) is 17.6 Å². The molecule has 4 nitrogen and oxygen atoms in total. The number of carbonyl (C=O) groups excluding carboxylic acids is 1. The molecule has 110 valence electrons. The summed E-state index contributed by atoms with van der Waals surface area (Å²) in [7, 11) is 1.66. The van der Waals surface area contributed by atoms with Gasteiger partial charge in [0.15, 0.2) is 5.78 Å². The van der Waals surface area contributed by atoms with Crippen molar-refractivity contribution in [2.75, 3.05) is 13.7 Å². The van der Waals surface area contributed by atoms with E-state index in [0.29, 0.717) is 0 Å². The largest absolute Gasteiger partial charge is 0.495 e. The number of nitrogens with zero attached hydrogens (tertiary/aromatic N) is 2. The van der Waals surface area contributed by atoms with E-state index in [-0.39, 0.29) is 5.78 Å². The first-order valence-corrected chi connectivity index (χ1v) is 7.86. The highest BCUT2D eigenvalue weighted by Gasteiger charge is 2.22. The van der Waals surface area contributed by atoms with Crippen LogP contribution in [0.25, 0.3) is 0 Å². The minimum absolute atomic E-state index is 0.179. The molecule has 0 fully saturated rings. The summed E-state index contributed by atoms with van der Waals surface area (Å²) < 4.78 is 5.21. The molecule has 0 bridgehead atoms. The number of thiophene rings is 1. The lowest BCUT2D eigenvalue weighted by Crippen LogP contribution is -2.29. The molecule has 0 saturated carbocycles. The van der Waals surface area contributed by atoms with E-state index in [0.717, 1.165) is 42.9 Å². The Balaban J connectivity index is 1.73. The van der Waals surface area contributed by atoms with Gasteiger partial charge in [0.2, 0.25) is 0 Å². The molecule has 0 saturated heterocycles. The number of rotatable bonds is 4. The fraction of sp³-hybridized carbons (Fsp3) is 0.375. The summed E-state index contributed by atoms with van der Waals surface area (Å²) in [4.78, 5) is 19.5. The van der Waals surface area contributed by atoms with Crippen molar-refractivity contribution in [2.45, 2.75) is 26.4 Å². The molecule has 1 aliphatic rings. The zero-order chi connectivity index (χ0) is 14.8. The highest BCUT2D eigenvalue weighted by molar-refractivity contribution is 7.10. The van der Waals surface area contributed by atoms with E-state index < -0.39 is 0 Å². The third-order valence-electron chi connectivity index (χ3n) is 3.82. The Hall–Kier alpha value is -1.72. The SMILES string of the molecule is COc1cncc(CN2CCc3c(C(C)=O)csc3C2)c1. The molecular formula is C16H18N2O2S. The van der Waals surface area contributed by atoms with Crippen LogP contribution < -0.4 is 4.74 Å². The second kappa shape index (κ2) is 5.95. The Morgan fingerprint density at radius 1 is 1.48 bits per heavy atom. The van der Waals surface area contributed by atoms with Crippen LogP contribution in [-0.4, -0.2) is 29.3 Å². The minimum Gasteiger partial charge on any atom is -0.495 e. The number of hydrogen-bond donors (Lipinski definition) is 0. The van der Waals surface area contributed by atoms with E-state index in [1.165, 1.54) is 10.4 Å². The van der Waals surface area contributed by atoms with Crippen LogP contribution in [0.2, 0.25) is 0 Å². The summed E-state index contributed by atoms with van der Waals surface area (Å²) in [6.45, 7) is 4.39. The standard InChI is InChI=1S/C16H18N2O2S/c1-11(19)15-10-21-16-9-18(4-3-14(15)16)8-12-5-13(20-2)7-17-6-12/h5-7,10H,3-4,8-9H2,1-2H3. The van der Waals surface area contributed by atoms with Gasteiger partial charge in [-0.05, 0) is 30.5 Å². The van der Waals surface area contributed by atoms with E-state index in [1.54, 1.807) is 31.6 Å².